The molecule has 0 atom stereocenters. The first kappa shape index (κ1) is 14.6. The maximum atomic E-state index is 11.6. The Morgan fingerprint density at radius 3 is 2.43 bits per heavy atom. The van der Waals surface area contributed by atoms with Gasteiger partial charge >= 0.3 is 5.97 Å². The molecule has 0 aliphatic heterocycles. The Morgan fingerprint density at radius 2 is 1.86 bits per heavy atom. The highest BCUT2D eigenvalue weighted by Crippen LogP contribution is 2.31. The first-order valence-corrected chi connectivity index (χ1v) is 6.23. The molecular formula is C16H15NO4. The van der Waals surface area contributed by atoms with Crippen LogP contribution in [0.4, 0.5) is 0 Å². The van der Waals surface area contributed by atoms with Crippen molar-refractivity contribution in [1.82, 2.24) is 4.98 Å². The molecular weight excluding hydrogens is 270 g/mol. The standard InChI is InChI=1S/C16H15NO4/c1-20-12-3-4-13(15(10-12)21-2)14(16(18)19)9-11-5-7-17-8-6-11/h3-10H,1-2H3,(H,18,19)/b14-9-. The van der Waals surface area contributed by atoms with Crippen LogP contribution in [0.2, 0.25) is 0 Å². The van der Waals surface area contributed by atoms with E-state index in [4.69, 9.17) is 9.47 Å². The number of carboxylic acids is 1. The zero-order valence-electron chi connectivity index (χ0n) is 11.7. The van der Waals surface area contributed by atoms with Crippen molar-refractivity contribution in [1.29, 1.82) is 0 Å². The molecule has 0 saturated carbocycles. The van der Waals surface area contributed by atoms with Crippen LogP contribution in [0.15, 0.2) is 42.7 Å². The molecule has 0 unspecified atom stereocenters. The van der Waals surface area contributed by atoms with Crippen molar-refractivity contribution in [3.8, 4) is 11.5 Å². The minimum Gasteiger partial charge on any atom is -0.497 e. The van der Waals surface area contributed by atoms with Crippen LogP contribution in [0.1, 0.15) is 11.1 Å². The third-order valence-electron chi connectivity index (χ3n) is 2.95. The summed E-state index contributed by atoms with van der Waals surface area (Å²) in [7, 11) is 3.03. The highest BCUT2D eigenvalue weighted by Gasteiger charge is 2.16. The summed E-state index contributed by atoms with van der Waals surface area (Å²) in [6, 6.07) is 8.48. The first-order valence-electron chi connectivity index (χ1n) is 6.23. The van der Waals surface area contributed by atoms with Gasteiger partial charge in [-0.2, -0.15) is 0 Å². The predicted octanol–water partition coefficient (Wildman–Crippen LogP) is 2.72. The molecule has 108 valence electrons. The second-order valence-corrected chi connectivity index (χ2v) is 4.21. The van der Waals surface area contributed by atoms with E-state index < -0.39 is 5.97 Å². The van der Waals surface area contributed by atoms with E-state index in [0.29, 0.717) is 17.1 Å². The Kier molecular flexibility index (Phi) is 4.56. The number of pyridine rings is 1. The molecule has 0 fully saturated rings. The number of benzene rings is 1. The fraction of sp³-hybridized carbons (Fsp3) is 0.125. The number of nitrogens with zero attached hydrogens (tertiary/aromatic N) is 1. The number of aliphatic carboxylic acids is 1. The second kappa shape index (κ2) is 6.56. The van der Waals surface area contributed by atoms with Gasteiger partial charge in [0.05, 0.1) is 19.8 Å². The Hall–Kier alpha value is -2.82. The number of carboxylic acid groups (broad SMARTS) is 1. The maximum absolute atomic E-state index is 11.6. The predicted molar refractivity (Wildman–Crippen MR) is 79.3 cm³/mol. The molecule has 0 aliphatic rings. The van der Waals surface area contributed by atoms with Gasteiger partial charge in [0.2, 0.25) is 0 Å². The number of aromatic nitrogens is 1. The van der Waals surface area contributed by atoms with Crippen LogP contribution < -0.4 is 9.47 Å². The minimum atomic E-state index is -1.03. The molecule has 0 bridgehead atoms. The number of ether oxygens (including phenoxy) is 2. The van der Waals surface area contributed by atoms with E-state index in [1.54, 1.807) is 55.9 Å². The molecule has 0 saturated heterocycles. The van der Waals surface area contributed by atoms with Crippen LogP contribution in [0.3, 0.4) is 0 Å². The maximum Gasteiger partial charge on any atom is 0.336 e. The van der Waals surface area contributed by atoms with Crippen molar-refractivity contribution in [2.24, 2.45) is 0 Å². The van der Waals surface area contributed by atoms with Gasteiger partial charge in [-0.1, -0.05) is 0 Å². The Labute approximate surface area is 122 Å². The smallest absolute Gasteiger partial charge is 0.336 e. The van der Waals surface area contributed by atoms with Crippen LogP contribution in [0, 0.1) is 0 Å². The number of hydrogen-bond donors (Lipinski definition) is 1. The van der Waals surface area contributed by atoms with Gasteiger partial charge < -0.3 is 14.6 Å². The van der Waals surface area contributed by atoms with Crippen LogP contribution in [0.25, 0.3) is 11.6 Å². The summed E-state index contributed by atoms with van der Waals surface area (Å²) in [6.07, 6.45) is 4.79. The first-order chi connectivity index (χ1) is 10.2. The van der Waals surface area contributed by atoms with Gasteiger partial charge in [0, 0.05) is 24.0 Å². The molecule has 2 aromatic rings. The summed E-state index contributed by atoms with van der Waals surface area (Å²) in [5.74, 6) is 0.0107. The van der Waals surface area contributed by atoms with Gasteiger partial charge in [0.1, 0.15) is 11.5 Å². The van der Waals surface area contributed by atoms with Gasteiger partial charge in [-0.05, 0) is 35.9 Å². The summed E-state index contributed by atoms with van der Waals surface area (Å²) in [4.78, 5) is 15.5. The molecule has 0 spiro atoms. The van der Waals surface area contributed by atoms with Gasteiger partial charge in [0.15, 0.2) is 0 Å². The number of rotatable bonds is 5. The van der Waals surface area contributed by atoms with E-state index >= 15 is 0 Å². The lowest BCUT2D eigenvalue weighted by molar-refractivity contribution is -0.130. The molecule has 5 heteroatoms. The summed E-state index contributed by atoms with van der Waals surface area (Å²) >= 11 is 0. The lowest BCUT2D eigenvalue weighted by Gasteiger charge is -2.11. The highest BCUT2D eigenvalue weighted by atomic mass is 16.5. The molecule has 0 amide bonds. The van der Waals surface area contributed by atoms with Crippen molar-refractivity contribution in [3.63, 3.8) is 0 Å². The molecule has 1 aromatic heterocycles. The SMILES string of the molecule is COc1ccc(/C(=C/c2ccncc2)C(=O)O)c(OC)c1. The van der Waals surface area contributed by atoms with Crippen LogP contribution >= 0.6 is 0 Å². The quantitative estimate of drug-likeness (QED) is 0.855. The third-order valence-corrected chi connectivity index (χ3v) is 2.95. The molecule has 21 heavy (non-hydrogen) atoms. The molecule has 1 heterocycles. The summed E-state index contributed by atoms with van der Waals surface area (Å²) in [5, 5.41) is 9.46. The zero-order valence-corrected chi connectivity index (χ0v) is 11.7. The van der Waals surface area contributed by atoms with E-state index in [0.717, 1.165) is 5.56 Å². The van der Waals surface area contributed by atoms with Crippen molar-refractivity contribution < 1.29 is 19.4 Å². The highest BCUT2D eigenvalue weighted by molar-refractivity contribution is 6.21. The van der Waals surface area contributed by atoms with E-state index in [-0.39, 0.29) is 5.57 Å². The molecule has 0 aliphatic carbocycles. The van der Waals surface area contributed by atoms with Gasteiger partial charge in [0.25, 0.3) is 0 Å². The van der Waals surface area contributed by atoms with E-state index in [1.807, 2.05) is 0 Å². The Morgan fingerprint density at radius 1 is 1.14 bits per heavy atom. The largest absolute Gasteiger partial charge is 0.497 e. The fourth-order valence-corrected chi connectivity index (χ4v) is 1.90. The topological polar surface area (TPSA) is 68.7 Å². The molecule has 2 rings (SSSR count). The summed E-state index contributed by atoms with van der Waals surface area (Å²) in [5.41, 5.74) is 1.38. The summed E-state index contributed by atoms with van der Waals surface area (Å²) in [6.45, 7) is 0. The summed E-state index contributed by atoms with van der Waals surface area (Å²) < 4.78 is 10.4. The Bertz CT molecular complexity index is 665. The van der Waals surface area contributed by atoms with Gasteiger partial charge in [-0.25, -0.2) is 4.79 Å². The Balaban J connectivity index is 2.54. The van der Waals surface area contributed by atoms with Gasteiger partial charge in [-0.15, -0.1) is 0 Å². The average Bonchev–Trinajstić information content (AvgIpc) is 2.52. The molecule has 5 nitrogen and oxygen atoms in total. The van der Waals surface area contributed by atoms with Gasteiger partial charge in [-0.3, -0.25) is 4.98 Å². The van der Waals surface area contributed by atoms with E-state index in [2.05, 4.69) is 4.98 Å². The zero-order chi connectivity index (χ0) is 15.2. The minimum absolute atomic E-state index is 0.140. The van der Waals surface area contributed by atoms with Crippen molar-refractivity contribution >= 4 is 17.6 Å². The lowest BCUT2D eigenvalue weighted by Crippen LogP contribution is -2.02. The number of methoxy groups -OCH3 is 2. The fourth-order valence-electron chi connectivity index (χ4n) is 1.90. The lowest BCUT2D eigenvalue weighted by atomic mass is 10.0. The number of carbonyl (C=O) groups is 1. The van der Waals surface area contributed by atoms with Crippen LogP contribution in [-0.4, -0.2) is 30.3 Å². The molecule has 1 aromatic carbocycles. The van der Waals surface area contributed by atoms with Crippen molar-refractivity contribution in [2.75, 3.05) is 14.2 Å². The monoisotopic (exact) mass is 285 g/mol. The van der Waals surface area contributed by atoms with Crippen molar-refractivity contribution in [3.05, 3.63) is 53.9 Å². The van der Waals surface area contributed by atoms with E-state index in [1.165, 1.54) is 7.11 Å². The number of hydrogen-bond acceptors (Lipinski definition) is 4. The third kappa shape index (κ3) is 3.39. The van der Waals surface area contributed by atoms with E-state index in [9.17, 15) is 9.90 Å². The molecule has 0 radical (unpaired) electrons. The van der Waals surface area contributed by atoms with Crippen LogP contribution in [0.5, 0.6) is 11.5 Å². The molecule has 1 N–H and O–H groups in total. The average molecular weight is 285 g/mol. The van der Waals surface area contributed by atoms with Crippen molar-refractivity contribution in [2.45, 2.75) is 0 Å². The van der Waals surface area contributed by atoms with Crippen LogP contribution in [-0.2, 0) is 4.79 Å². The second-order valence-electron chi connectivity index (χ2n) is 4.21. The normalized spacial score (nSPS) is 11.0.